The Bertz CT molecular complexity index is 1700. The van der Waals surface area contributed by atoms with Crippen molar-refractivity contribution in [3.63, 3.8) is 0 Å². The zero-order chi connectivity index (χ0) is 22.9. The Balaban J connectivity index is 1.20. The first kappa shape index (κ1) is 19.0. The van der Waals surface area contributed by atoms with Crippen molar-refractivity contribution < 1.29 is 4.79 Å². The Labute approximate surface area is 193 Å². The summed E-state index contributed by atoms with van der Waals surface area (Å²) in [5.41, 5.74) is 6.68. The summed E-state index contributed by atoms with van der Waals surface area (Å²) in [4.78, 5) is 39.5. The van der Waals surface area contributed by atoms with Gasteiger partial charge in [0, 0.05) is 17.1 Å². The molecule has 0 saturated heterocycles. The van der Waals surface area contributed by atoms with Crippen molar-refractivity contribution in [1.82, 2.24) is 19.9 Å². The maximum absolute atomic E-state index is 13.0. The predicted molar refractivity (Wildman–Crippen MR) is 130 cm³/mol. The predicted octanol–water partition coefficient (Wildman–Crippen LogP) is 3.40. The number of anilines is 2. The molecular formula is C26H20N6O2. The van der Waals surface area contributed by atoms with Crippen LogP contribution in [0.15, 0.2) is 65.6 Å². The minimum atomic E-state index is -0.583. The van der Waals surface area contributed by atoms with Crippen LogP contribution in [0.3, 0.4) is 0 Å². The van der Waals surface area contributed by atoms with Gasteiger partial charge in [0.05, 0.1) is 39.9 Å². The molecule has 0 saturated carbocycles. The van der Waals surface area contributed by atoms with Crippen LogP contribution in [-0.2, 0) is 29.6 Å². The van der Waals surface area contributed by atoms with Gasteiger partial charge in [0.2, 0.25) is 5.91 Å². The van der Waals surface area contributed by atoms with E-state index >= 15 is 0 Å². The van der Waals surface area contributed by atoms with Crippen molar-refractivity contribution in [2.45, 2.75) is 24.8 Å². The Morgan fingerprint density at radius 1 is 0.971 bits per heavy atom. The molecule has 34 heavy (non-hydrogen) atoms. The fourth-order valence-electron chi connectivity index (χ4n) is 5.43. The van der Waals surface area contributed by atoms with E-state index in [1.54, 1.807) is 6.20 Å². The first-order valence-corrected chi connectivity index (χ1v) is 11.2. The molecule has 0 radical (unpaired) electrons. The number of H-pyrrole nitrogens is 2. The Morgan fingerprint density at radius 2 is 1.85 bits per heavy atom. The van der Waals surface area contributed by atoms with Gasteiger partial charge in [-0.05, 0) is 60.4 Å². The van der Waals surface area contributed by atoms with Gasteiger partial charge in [-0.3, -0.25) is 9.78 Å². The molecule has 2 aliphatic rings. The van der Waals surface area contributed by atoms with Crippen LogP contribution in [0.25, 0.3) is 21.9 Å². The van der Waals surface area contributed by atoms with Crippen molar-refractivity contribution in [2.75, 3.05) is 10.6 Å². The van der Waals surface area contributed by atoms with Crippen LogP contribution >= 0.6 is 0 Å². The lowest BCUT2D eigenvalue weighted by atomic mass is 9.79. The number of fused-ring (bicyclic) bond motifs is 5. The summed E-state index contributed by atoms with van der Waals surface area (Å²) >= 11 is 0. The van der Waals surface area contributed by atoms with E-state index in [9.17, 15) is 9.59 Å². The molecular weight excluding hydrogens is 428 g/mol. The molecule has 1 spiro atoms. The van der Waals surface area contributed by atoms with Crippen LogP contribution in [0, 0.1) is 0 Å². The van der Waals surface area contributed by atoms with E-state index in [0.29, 0.717) is 25.2 Å². The van der Waals surface area contributed by atoms with Crippen molar-refractivity contribution in [2.24, 2.45) is 0 Å². The average Bonchev–Trinajstić information content (AvgIpc) is 3.49. The van der Waals surface area contributed by atoms with Gasteiger partial charge in [-0.1, -0.05) is 18.2 Å². The Kier molecular flexibility index (Phi) is 3.79. The van der Waals surface area contributed by atoms with Gasteiger partial charge in [0.15, 0.2) is 0 Å². The fraction of sp³-hybridized carbons (Fsp3) is 0.154. The summed E-state index contributed by atoms with van der Waals surface area (Å²) in [6.45, 7) is 0.519. The number of aromatic nitrogens is 4. The lowest BCUT2D eigenvalue weighted by Crippen LogP contribution is -2.35. The highest BCUT2D eigenvalue weighted by atomic mass is 16.2. The number of para-hydroxylation sites is 1. The largest absolute Gasteiger partial charge is 0.378 e. The number of imidazole rings is 1. The lowest BCUT2D eigenvalue weighted by Gasteiger charge is -2.20. The zero-order valence-electron chi connectivity index (χ0n) is 18.1. The number of pyridine rings is 2. The highest BCUT2D eigenvalue weighted by Crippen LogP contribution is 2.47. The number of aromatic amines is 2. The van der Waals surface area contributed by atoms with Crippen LogP contribution in [0.5, 0.6) is 0 Å². The van der Waals surface area contributed by atoms with Crippen LogP contribution in [-0.4, -0.2) is 25.8 Å². The molecule has 1 aliphatic carbocycles. The number of benzene rings is 2. The molecule has 1 unspecified atom stereocenters. The van der Waals surface area contributed by atoms with E-state index in [2.05, 4.69) is 43.8 Å². The molecule has 4 heterocycles. The lowest BCUT2D eigenvalue weighted by molar-refractivity contribution is -0.120. The maximum Gasteiger partial charge on any atom is 0.323 e. The van der Waals surface area contributed by atoms with E-state index in [1.807, 2.05) is 36.4 Å². The number of hydrogen-bond acceptors (Lipinski definition) is 5. The SMILES string of the molecule is O=C1Nc2ncccc2C12Cc1cc3ccc(CNc4cccc5[nH]c(=O)[nH]c45)nc3cc1C2. The number of hydrogen-bond donors (Lipinski definition) is 4. The van der Waals surface area contributed by atoms with Gasteiger partial charge in [-0.25, -0.2) is 9.78 Å². The number of amides is 1. The van der Waals surface area contributed by atoms with Crippen LogP contribution in [0.2, 0.25) is 0 Å². The minimum absolute atomic E-state index is 0.0243. The second-order valence-corrected chi connectivity index (χ2v) is 9.07. The zero-order valence-corrected chi connectivity index (χ0v) is 18.1. The second kappa shape index (κ2) is 6.77. The molecule has 0 fully saturated rings. The first-order valence-electron chi connectivity index (χ1n) is 11.2. The van der Waals surface area contributed by atoms with Crippen molar-refractivity contribution >= 4 is 39.3 Å². The molecule has 166 valence electrons. The maximum atomic E-state index is 13.0. The molecule has 8 heteroatoms. The molecule has 3 aromatic heterocycles. The molecule has 0 bridgehead atoms. The van der Waals surface area contributed by atoms with Gasteiger partial charge in [-0.2, -0.15) is 0 Å². The Morgan fingerprint density at radius 3 is 2.76 bits per heavy atom. The second-order valence-electron chi connectivity index (χ2n) is 9.07. The molecule has 5 aromatic rings. The van der Waals surface area contributed by atoms with Crippen molar-refractivity contribution in [1.29, 1.82) is 0 Å². The molecule has 4 N–H and O–H groups in total. The number of nitrogens with one attached hydrogen (secondary N) is 4. The molecule has 1 amide bonds. The van der Waals surface area contributed by atoms with Crippen LogP contribution in [0.1, 0.15) is 22.4 Å². The third-order valence-electron chi connectivity index (χ3n) is 7.05. The summed E-state index contributed by atoms with van der Waals surface area (Å²) in [5, 5.41) is 7.40. The molecule has 1 atom stereocenters. The summed E-state index contributed by atoms with van der Waals surface area (Å²) in [6.07, 6.45) is 3.03. The summed E-state index contributed by atoms with van der Waals surface area (Å²) in [6, 6.07) is 18.0. The standard InChI is InChI=1S/C26H20N6O2/c33-24-26(18-3-2-8-27-23(18)32-24)11-15-9-14-6-7-17(29-21(14)10-16(15)12-26)13-28-19-4-1-5-20-22(19)31-25(34)30-20/h1-10,28H,11-13H2,(H,27,32,33)(H2,30,31,34). The summed E-state index contributed by atoms with van der Waals surface area (Å²) in [5.74, 6) is 0.700. The molecule has 7 rings (SSSR count). The summed E-state index contributed by atoms with van der Waals surface area (Å²) in [7, 11) is 0. The topological polar surface area (TPSA) is 116 Å². The highest BCUT2D eigenvalue weighted by Gasteiger charge is 2.51. The molecule has 8 nitrogen and oxygen atoms in total. The first-order chi connectivity index (χ1) is 16.6. The molecule has 1 aliphatic heterocycles. The smallest absolute Gasteiger partial charge is 0.323 e. The monoisotopic (exact) mass is 448 g/mol. The van der Waals surface area contributed by atoms with Crippen molar-refractivity contribution in [3.8, 4) is 0 Å². The highest BCUT2D eigenvalue weighted by molar-refractivity contribution is 6.06. The van der Waals surface area contributed by atoms with E-state index in [4.69, 9.17) is 4.98 Å². The van der Waals surface area contributed by atoms with E-state index in [1.165, 1.54) is 5.56 Å². The van der Waals surface area contributed by atoms with Crippen molar-refractivity contribution in [3.05, 3.63) is 93.7 Å². The average molecular weight is 448 g/mol. The number of carbonyl (C=O) groups is 1. The van der Waals surface area contributed by atoms with Crippen LogP contribution in [0.4, 0.5) is 11.5 Å². The number of nitrogens with zero attached hydrogens (tertiary/aromatic N) is 2. The van der Waals surface area contributed by atoms with Gasteiger partial charge >= 0.3 is 5.69 Å². The number of rotatable bonds is 3. The summed E-state index contributed by atoms with van der Waals surface area (Å²) < 4.78 is 0. The minimum Gasteiger partial charge on any atom is -0.378 e. The van der Waals surface area contributed by atoms with Gasteiger partial charge in [0.25, 0.3) is 0 Å². The third-order valence-corrected chi connectivity index (χ3v) is 7.05. The van der Waals surface area contributed by atoms with E-state index in [0.717, 1.165) is 44.4 Å². The Hall–Kier alpha value is -4.46. The quantitative estimate of drug-likeness (QED) is 0.338. The number of carbonyl (C=O) groups excluding carboxylic acids is 1. The van der Waals surface area contributed by atoms with E-state index in [-0.39, 0.29) is 11.6 Å². The van der Waals surface area contributed by atoms with Gasteiger partial charge < -0.3 is 20.6 Å². The molecule has 2 aromatic carbocycles. The fourth-order valence-corrected chi connectivity index (χ4v) is 5.43. The van der Waals surface area contributed by atoms with Gasteiger partial charge in [-0.15, -0.1) is 0 Å². The third kappa shape index (κ3) is 2.71. The van der Waals surface area contributed by atoms with Crippen LogP contribution < -0.4 is 16.3 Å². The van der Waals surface area contributed by atoms with Gasteiger partial charge in [0.1, 0.15) is 5.82 Å². The van der Waals surface area contributed by atoms with E-state index < -0.39 is 5.41 Å². The normalized spacial score (nSPS) is 18.4.